The highest BCUT2D eigenvalue weighted by Gasteiger charge is 2.33. The largest absolute Gasteiger partial charge is 0.394 e. The van der Waals surface area contributed by atoms with Crippen molar-refractivity contribution in [2.45, 2.75) is 102 Å². The van der Waals surface area contributed by atoms with E-state index < -0.39 is 24.5 Å². The minimum absolute atomic E-state index is 0.447. The fraction of sp³-hybridized carbons (Fsp3) is 1.00. The lowest BCUT2D eigenvalue weighted by Gasteiger charge is -2.32. The topological polar surface area (TPSA) is 113 Å². The molecule has 0 fully saturated rings. The van der Waals surface area contributed by atoms with Gasteiger partial charge in [0.1, 0.15) is 12.2 Å². The molecule has 134 valence electrons. The number of aliphatic hydroxyl groups is 3. The SMILES string of the molecule is CCCCCCCCCCCCCC(N)(N)C(O)C(O)CO. The number of hydrogen-bond acceptors (Lipinski definition) is 5. The summed E-state index contributed by atoms with van der Waals surface area (Å²) in [5.41, 5.74) is 10.3. The minimum Gasteiger partial charge on any atom is -0.394 e. The molecule has 0 aliphatic rings. The predicted octanol–water partition coefficient (Wildman–Crippen LogP) is 2.02. The van der Waals surface area contributed by atoms with Gasteiger partial charge in [0, 0.05) is 0 Å². The quantitative estimate of drug-likeness (QED) is 0.234. The standard InChI is InChI=1S/C17H38N2O3/c1-2-3-4-5-6-7-8-9-10-11-12-13-17(18,19)16(22)15(21)14-20/h15-16,20-22H,2-14,18-19H2,1H3. The molecule has 0 aliphatic carbocycles. The lowest BCUT2D eigenvalue weighted by molar-refractivity contribution is -0.0540. The van der Waals surface area contributed by atoms with Crippen LogP contribution in [0.3, 0.4) is 0 Å². The van der Waals surface area contributed by atoms with E-state index in [1.165, 1.54) is 51.4 Å². The second-order valence-corrected chi connectivity index (χ2v) is 6.59. The first-order chi connectivity index (χ1) is 10.5. The zero-order chi connectivity index (χ0) is 16.8. The van der Waals surface area contributed by atoms with E-state index in [4.69, 9.17) is 16.6 Å². The number of hydrogen-bond donors (Lipinski definition) is 5. The molecule has 0 rings (SSSR count). The molecule has 2 unspecified atom stereocenters. The second-order valence-electron chi connectivity index (χ2n) is 6.59. The molecule has 0 amide bonds. The van der Waals surface area contributed by atoms with Crippen LogP contribution in [0.5, 0.6) is 0 Å². The summed E-state index contributed by atoms with van der Waals surface area (Å²) in [6, 6.07) is 0. The van der Waals surface area contributed by atoms with Crippen LogP contribution in [0.15, 0.2) is 0 Å². The average Bonchev–Trinajstić information content (AvgIpc) is 2.51. The van der Waals surface area contributed by atoms with E-state index in [0.29, 0.717) is 6.42 Å². The monoisotopic (exact) mass is 318 g/mol. The van der Waals surface area contributed by atoms with Crippen molar-refractivity contribution < 1.29 is 15.3 Å². The summed E-state index contributed by atoms with van der Waals surface area (Å²) >= 11 is 0. The third kappa shape index (κ3) is 10.5. The molecule has 7 N–H and O–H groups in total. The fourth-order valence-corrected chi connectivity index (χ4v) is 2.70. The summed E-state index contributed by atoms with van der Waals surface area (Å²) in [6.07, 6.45) is 11.5. The predicted molar refractivity (Wildman–Crippen MR) is 91.3 cm³/mol. The molecule has 5 heteroatoms. The Hall–Kier alpha value is -0.200. The number of unbranched alkanes of at least 4 members (excludes halogenated alkanes) is 10. The van der Waals surface area contributed by atoms with E-state index in [1.54, 1.807) is 0 Å². The summed E-state index contributed by atoms with van der Waals surface area (Å²) in [4.78, 5) is 0. The van der Waals surface area contributed by atoms with Crippen molar-refractivity contribution in [3.63, 3.8) is 0 Å². The molecule has 2 atom stereocenters. The van der Waals surface area contributed by atoms with Crippen LogP contribution in [-0.4, -0.2) is 39.8 Å². The van der Waals surface area contributed by atoms with Gasteiger partial charge in [-0.3, -0.25) is 0 Å². The molecule has 5 nitrogen and oxygen atoms in total. The van der Waals surface area contributed by atoms with Gasteiger partial charge in [0.25, 0.3) is 0 Å². The second kappa shape index (κ2) is 13.3. The molecule has 0 radical (unpaired) electrons. The maximum Gasteiger partial charge on any atom is 0.113 e. The van der Waals surface area contributed by atoms with Gasteiger partial charge in [0.2, 0.25) is 0 Å². The number of rotatable bonds is 15. The number of aliphatic hydroxyl groups excluding tert-OH is 3. The molecule has 0 bridgehead atoms. The maximum absolute atomic E-state index is 9.75. The molecule has 22 heavy (non-hydrogen) atoms. The van der Waals surface area contributed by atoms with Crippen LogP contribution in [0.2, 0.25) is 0 Å². The summed E-state index contributed by atoms with van der Waals surface area (Å²) < 4.78 is 0. The van der Waals surface area contributed by atoms with Gasteiger partial charge in [-0.2, -0.15) is 0 Å². The van der Waals surface area contributed by atoms with E-state index in [-0.39, 0.29) is 0 Å². The highest BCUT2D eigenvalue weighted by atomic mass is 16.4. The third-order valence-corrected chi connectivity index (χ3v) is 4.32. The van der Waals surface area contributed by atoms with E-state index >= 15 is 0 Å². The van der Waals surface area contributed by atoms with Crippen LogP contribution in [0, 0.1) is 0 Å². The first kappa shape index (κ1) is 21.8. The molecular weight excluding hydrogens is 280 g/mol. The van der Waals surface area contributed by atoms with Crippen molar-refractivity contribution in [1.82, 2.24) is 0 Å². The minimum atomic E-state index is -1.33. The van der Waals surface area contributed by atoms with Crippen LogP contribution < -0.4 is 11.5 Å². The van der Waals surface area contributed by atoms with Crippen LogP contribution in [0.4, 0.5) is 0 Å². The Morgan fingerprint density at radius 1 is 0.773 bits per heavy atom. The molecule has 0 spiro atoms. The summed E-state index contributed by atoms with van der Waals surface area (Å²) in [5, 5.41) is 27.9. The van der Waals surface area contributed by atoms with Gasteiger partial charge in [0.15, 0.2) is 0 Å². The molecular formula is C17H38N2O3. The van der Waals surface area contributed by atoms with E-state index in [2.05, 4.69) is 6.92 Å². The van der Waals surface area contributed by atoms with Crippen molar-refractivity contribution >= 4 is 0 Å². The maximum atomic E-state index is 9.75. The molecule has 0 saturated carbocycles. The van der Waals surface area contributed by atoms with Gasteiger partial charge in [-0.1, -0.05) is 77.6 Å². The zero-order valence-corrected chi connectivity index (χ0v) is 14.3. The highest BCUT2D eigenvalue weighted by molar-refractivity contribution is 4.89. The lowest BCUT2D eigenvalue weighted by Crippen LogP contribution is -2.63. The molecule has 0 saturated heterocycles. The van der Waals surface area contributed by atoms with Gasteiger partial charge >= 0.3 is 0 Å². The summed E-state index contributed by atoms with van der Waals surface area (Å²) in [7, 11) is 0. The first-order valence-corrected chi connectivity index (χ1v) is 9.00. The molecule has 0 heterocycles. The Labute approximate surface area is 136 Å². The Morgan fingerprint density at radius 2 is 1.18 bits per heavy atom. The van der Waals surface area contributed by atoms with Crippen molar-refractivity contribution in [1.29, 1.82) is 0 Å². The van der Waals surface area contributed by atoms with Crippen LogP contribution in [0.1, 0.15) is 84.0 Å². The summed E-state index contributed by atoms with van der Waals surface area (Å²) in [5.74, 6) is 0. The molecule has 0 aromatic carbocycles. The average molecular weight is 319 g/mol. The Balaban J connectivity index is 3.49. The molecule has 0 aliphatic heterocycles. The highest BCUT2D eigenvalue weighted by Crippen LogP contribution is 2.16. The van der Waals surface area contributed by atoms with Crippen molar-refractivity contribution in [2.75, 3.05) is 6.61 Å². The normalized spacial score (nSPS) is 15.0. The smallest absolute Gasteiger partial charge is 0.113 e. The Kier molecular flexibility index (Phi) is 13.1. The van der Waals surface area contributed by atoms with Crippen LogP contribution in [0.25, 0.3) is 0 Å². The molecule has 0 aromatic heterocycles. The third-order valence-electron chi connectivity index (χ3n) is 4.32. The van der Waals surface area contributed by atoms with Gasteiger partial charge in [-0.15, -0.1) is 0 Å². The van der Waals surface area contributed by atoms with Crippen LogP contribution >= 0.6 is 0 Å². The van der Waals surface area contributed by atoms with Crippen molar-refractivity contribution in [3.8, 4) is 0 Å². The Bertz CT molecular complexity index is 250. The van der Waals surface area contributed by atoms with E-state index in [9.17, 15) is 10.2 Å². The first-order valence-electron chi connectivity index (χ1n) is 9.00. The van der Waals surface area contributed by atoms with Gasteiger partial charge in [-0.05, 0) is 6.42 Å². The van der Waals surface area contributed by atoms with Gasteiger partial charge in [-0.25, -0.2) is 0 Å². The van der Waals surface area contributed by atoms with Gasteiger partial charge < -0.3 is 26.8 Å². The summed E-state index contributed by atoms with van der Waals surface area (Å²) in [6.45, 7) is 1.70. The van der Waals surface area contributed by atoms with Crippen molar-refractivity contribution in [2.24, 2.45) is 11.5 Å². The lowest BCUT2D eigenvalue weighted by atomic mass is 9.93. The van der Waals surface area contributed by atoms with Crippen LogP contribution in [-0.2, 0) is 0 Å². The van der Waals surface area contributed by atoms with E-state index in [1.807, 2.05) is 0 Å². The fourth-order valence-electron chi connectivity index (χ4n) is 2.70. The zero-order valence-electron chi connectivity index (χ0n) is 14.3. The number of nitrogens with two attached hydrogens (primary N) is 2. The van der Waals surface area contributed by atoms with Gasteiger partial charge in [0.05, 0.1) is 12.3 Å². The Morgan fingerprint density at radius 3 is 1.59 bits per heavy atom. The molecule has 0 aromatic rings. The van der Waals surface area contributed by atoms with E-state index in [0.717, 1.165) is 19.3 Å². The van der Waals surface area contributed by atoms with Crippen molar-refractivity contribution in [3.05, 3.63) is 0 Å².